The Labute approximate surface area is 102 Å². The molecule has 0 N–H and O–H groups in total. The Kier molecular flexibility index (Phi) is 4.62. The molecule has 0 aliphatic carbocycles. The molecule has 2 rings (SSSR count). The van der Waals surface area contributed by atoms with Crippen LogP contribution in [0, 0.1) is 4.91 Å². The topological polar surface area (TPSA) is 24.0 Å². The lowest BCUT2D eigenvalue weighted by Crippen LogP contribution is -2.41. The minimum atomic E-state index is 0. The minimum Gasteiger partial charge on any atom is -0.198 e. The Balaban J connectivity index is 0.00000128. The third-order valence-corrected chi connectivity index (χ3v) is 2.90. The predicted octanol–water partition coefficient (Wildman–Crippen LogP) is 1.98. The molecule has 1 atom stereocenters. The highest BCUT2D eigenvalue weighted by Crippen LogP contribution is 2.11. The monoisotopic (exact) mass is 240 g/mol. The van der Waals surface area contributed by atoms with Crippen molar-refractivity contribution in [2.24, 2.45) is 0 Å². The van der Waals surface area contributed by atoms with Crippen LogP contribution in [0.3, 0.4) is 0 Å². The molecule has 0 spiro atoms. The van der Waals surface area contributed by atoms with E-state index in [4.69, 9.17) is 0 Å². The standard InChI is InChI=1S/C12H16N2O.ClH/c1-2-11-5-8-13(9-6-11)10-12-4-3-7-14(12)15;/h2,5-6,8-9,12H,1,3-4,7,10H2;1H/q+2;. The summed E-state index contributed by atoms with van der Waals surface area (Å²) in [6.45, 7) is 5.19. The van der Waals surface area contributed by atoms with E-state index in [-0.39, 0.29) is 18.4 Å². The lowest BCUT2D eigenvalue weighted by Gasteiger charge is -1.98. The Morgan fingerprint density at radius 1 is 1.44 bits per heavy atom. The Morgan fingerprint density at radius 3 is 2.62 bits per heavy atom. The molecule has 0 bridgehead atoms. The highest BCUT2D eigenvalue weighted by molar-refractivity contribution is 5.85. The van der Waals surface area contributed by atoms with Crippen molar-refractivity contribution in [1.82, 2.24) is 0 Å². The number of hydrogen-bond donors (Lipinski definition) is 0. The highest BCUT2D eigenvalue weighted by Gasteiger charge is 2.34. The minimum absolute atomic E-state index is 0. The molecule has 1 fully saturated rings. The van der Waals surface area contributed by atoms with Gasteiger partial charge in [-0.05, 0) is 5.56 Å². The Bertz CT molecular complexity index is 375. The van der Waals surface area contributed by atoms with Crippen LogP contribution in [0.5, 0.6) is 0 Å². The van der Waals surface area contributed by atoms with E-state index >= 15 is 0 Å². The third kappa shape index (κ3) is 2.89. The number of aromatic nitrogens is 1. The molecule has 4 heteroatoms. The molecule has 0 amide bonds. The van der Waals surface area contributed by atoms with Crippen LogP contribution in [0.25, 0.3) is 6.08 Å². The molecule has 1 unspecified atom stereocenters. The molecule has 1 aromatic rings. The van der Waals surface area contributed by atoms with E-state index in [1.807, 2.05) is 30.6 Å². The summed E-state index contributed by atoms with van der Waals surface area (Å²) >= 11 is 0. The van der Waals surface area contributed by atoms with Gasteiger partial charge < -0.3 is 0 Å². The molecular formula is C12H17ClN2O+2. The van der Waals surface area contributed by atoms with Crippen molar-refractivity contribution < 1.29 is 9.33 Å². The molecule has 2 heterocycles. The first-order valence-electron chi connectivity index (χ1n) is 5.35. The number of pyridine rings is 1. The van der Waals surface area contributed by atoms with Gasteiger partial charge in [-0.1, -0.05) is 12.7 Å². The maximum atomic E-state index is 11.4. The van der Waals surface area contributed by atoms with Gasteiger partial charge in [0.25, 0.3) is 6.04 Å². The molecule has 3 nitrogen and oxygen atoms in total. The van der Waals surface area contributed by atoms with Crippen LogP contribution < -0.4 is 4.57 Å². The smallest absolute Gasteiger partial charge is 0.198 e. The van der Waals surface area contributed by atoms with Crippen molar-refractivity contribution in [3.8, 4) is 0 Å². The number of rotatable bonds is 3. The second-order valence-electron chi connectivity index (χ2n) is 3.97. The molecule has 16 heavy (non-hydrogen) atoms. The van der Waals surface area contributed by atoms with E-state index in [9.17, 15) is 4.91 Å². The first kappa shape index (κ1) is 12.8. The summed E-state index contributed by atoms with van der Waals surface area (Å²) in [7, 11) is 0. The first-order valence-corrected chi connectivity index (χ1v) is 5.35. The molecular weight excluding hydrogens is 224 g/mol. The summed E-state index contributed by atoms with van der Waals surface area (Å²) in [6.07, 6.45) is 7.87. The zero-order valence-electron chi connectivity index (χ0n) is 9.21. The van der Waals surface area contributed by atoms with Gasteiger partial charge in [-0.15, -0.1) is 12.4 Å². The molecule has 0 radical (unpaired) electrons. The van der Waals surface area contributed by atoms with E-state index in [0.717, 1.165) is 24.9 Å². The first-order chi connectivity index (χ1) is 7.29. The van der Waals surface area contributed by atoms with E-state index in [0.29, 0.717) is 6.54 Å². The fourth-order valence-corrected chi connectivity index (χ4v) is 1.96. The maximum absolute atomic E-state index is 11.4. The summed E-state index contributed by atoms with van der Waals surface area (Å²) in [5.41, 5.74) is 1.11. The van der Waals surface area contributed by atoms with Crippen molar-refractivity contribution in [1.29, 1.82) is 0 Å². The second kappa shape index (κ2) is 5.75. The van der Waals surface area contributed by atoms with Crippen molar-refractivity contribution in [2.75, 3.05) is 6.54 Å². The van der Waals surface area contributed by atoms with Gasteiger partial charge in [-0.2, -0.15) is 4.57 Å². The molecule has 1 aliphatic rings. The molecule has 0 aromatic carbocycles. The molecule has 1 saturated heterocycles. The van der Waals surface area contributed by atoms with Crippen molar-refractivity contribution in [3.63, 3.8) is 0 Å². The third-order valence-electron chi connectivity index (χ3n) is 2.90. The number of hydrogen-bond acceptors (Lipinski definition) is 1. The fourth-order valence-electron chi connectivity index (χ4n) is 1.96. The molecule has 0 saturated carbocycles. The second-order valence-corrected chi connectivity index (χ2v) is 3.97. The van der Waals surface area contributed by atoms with Crippen LogP contribution in [-0.2, 0) is 6.54 Å². The summed E-state index contributed by atoms with van der Waals surface area (Å²) < 4.78 is 3.27. The average Bonchev–Trinajstić information content (AvgIpc) is 2.66. The summed E-state index contributed by atoms with van der Waals surface area (Å²) in [4.78, 5) is 11.4. The van der Waals surface area contributed by atoms with Gasteiger partial charge in [-0.3, -0.25) is 0 Å². The SMILES string of the molecule is C=Cc1cc[n+](CC2CCC[N+]2=O)cc1.Cl. The van der Waals surface area contributed by atoms with Crippen LogP contribution >= 0.6 is 12.4 Å². The summed E-state index contributed by atoms with van der Waals surface area (Å²) in [6, 6.07) is 4.18. The van der Waals surface area contributed by atoms with Gasteiger partial charge in [0.05, 0.1) is 0 Å². The summed E-state index contributed by atoms with van der Waals surface area (Å²) in [5, 5.41) is 0. The van der Waals surface area contributed by atoms with Gasteiger partial charge in [0.2, 0.25) is 6.54 Å². The zero-order valence-corrected chi connectivity index (χ0v) is 10.0. The van der Waals surface area contributed by atoms with Crippen LogP contribution in [0.2, 0.25) is 0 Å². The van der Waals surface area contributed by atoms with Crippen molar-refractivity contribution in [3.05, 3.63) is 41.6 Å². The van der Waals surface area contributed by atoms with Crippen LogP contribution in [0.1, 0.15) is 18.4 Å². The van der Waals surface area contributed by atoms with E-state index in [2.05, 4.69) is 11.1 Å². The number of nitroso groups, excluding NO2 is 1. The Hall–Kier alpha value is -1.22. The summed E-state index contributed by atoms with van der Waals surface area (Å²) in [5.74, 6) is 0. The lowest BCUT2D eigenvalue weighted by molar-refractivity contribution is -0.736. The van der Waals surface area contributed by atoms with Gasteiger partial charge >= 0.3 is 0 Å². The average molecular weight is 241 g/mol. The maximum Gasteiger partial charge on any atom is 0.259 e. The van der Waals surface area contributed by atoms with Crippen molar-refractivity contribution in [2.45, 2.75) is 25.4 Å². The largest absolute Gasteiger partial charge is 0.259 e. The normalized spacial score (nSPS) is 19.2. The molecule has 1 aliphatic heterocycles. The van der Waals surface area contributed by atoms with Gasteiger partial charge in [0, 0.05) is 34.6 Å². The Morgan fingerprint density at radius 2 is 2.12 bits per heavy atom. The van der Waals surface area contributed by atoms with E-state index in [1.165, 1.54) is 4.76 Å². The molecule has 1 aromatic heterocycles. The van der Waals surface area contributed by atoms with Crippen LogP contribution in [0.15, 0.2) is 31.1 Å². The van der Waals surface area contributed by atoms with Gasteiger partial charge in [0.1, 0.15) is 0 Å². The quantitative estimate of drug-likeness (QED) is 0.742. The predicted molar refractivity (Wildman–Crippen MR) is 65.5 cm³/mol. The van der Waals surface area contributed by atoms with Gasteiger partial charge in [-0.25, -0.2) is 0 Å². The highest BCUT2D eigenvalue weighted by atomic mass is 35.5. The lowest BCUT2D eigenvalue weighted by atomic mass is 10.2. The van der Waals surface area contributed by atoms with E-state index in [1.54, 1.807) is 0 Å². The zero-order chi connectivity index (χ0) is 10.7. The van der Waals surface area contributed by atoms with Crippen molar-refractivity contribution >= 4 is 18.5 Å². The van der Waals surface area contributed by atoms with E-state index < -0.39 is 0 Å². The van der Waals surface area contributed by atoms with Gasteiger partial charge in [0.15, 0.2) is 18.9 Å². The molecule has 86 valence electrons. The number of nitrogens with zero attached hydrogens (tertiary/aromatic N) is 2. The van der Waals surface area contributed by atoms with Crippen LogP contribution in [0.4, 0.5) is 0 Å². The van der Waals surface area contributed by atoms with Crippen LogP contribution in [-0.4, -0.2) is 17.3 Å². The number of halogens is 1. The fraction of sp³-hybridized carbons (Fsp3) is 0.417.